The van der Waals surface area contributed by atoms with Gasteiger partial charge in [0.25, 0.3) is 0 Å². The number of nitrogens with zero attached hydrogens (tertiary/aromatic N) is 1. The summed E-state index contributed by atoms with van der Waals surface area (Å²) in [6.45, 7) is 10.2. The summed E-state index contributed by atoms with van der Waals surface area (Å²) in [5, 5.41) is 9.15. The molecule has 5 heteroatoms. The molecule has 1 aromatic heterocycles. The number of hydrogen-bond acceptors (Lipinski definition) is 5. The average Bonchev–Trinajstić information content (AvgIpc) is 2.89. The third kappa shape index (κ3) is 4.13. The van der Waals surface area contributed by atoms with E-state index in [2.05, 4.69) is 61.9 Å². The summed E-state index contributed by atoms with van der Waals surface area (Å²) in [4.78, 5) is 4.87. The first-order valence-electron chi connectivity index (χ1n) is 7.07. The molecule has 1 aliphatic rings. The predicted octanol–water partition coefficient (Wildman–Crippen LogP) is 4.50. The fourth-order valence-electron chi connectivity index (χ4n) is 2.03. The van der Waals surface area contributed by atoms with E-state index in [0.29, 0.717) is 11.3 Å². The van der Waals surface area contributed by atoms with Gasteiger partial charge in [0.2, 0.25) is 0 Å². The molecule has 0 bridgehead atoms. The van der Waals surface area contributed by atoms with Crippen molar-refractivity contribution < 1.29 is 0 Å². The molecule has 2 rings (SSSR count). The highest BCUT2D eigenvalue weighted by atomic mass is 32.2. The molecule has 108 valence electrons. The van der Waals surface area contributed by atoms with Gasteiger partial charge in [-0.3, -0.25) is 0 Å². The lowest BCUT2D eigenvalue weighted by Crippen LogP contribution is -2.22. The second kappa shape index (κ2) is 7.34. The van der Waals surface area contributed by atoms with Crippen LogP contribution >= 0.6 is 34.9 Å². The number of hydrogen-bond donors (Lipinski definition) is 1. The third-order valence-electron chi connectivity index (χ3n) is 3.51. The SMILES string of the molecule is CCCNC(C)c1csc(C2CSC(C)C(C)S2)n1. The van der Waals surface area contributed by atoms with Gasteiger partial charge in [0.15, 0.2) is 0 Å². The van der Waals surface area contributed by atoms with Crippen molar-refractivity contribution in [3.05, 3.63) is 16.1 Å². The molecule has 0 amide bonds. The quantitative estimate of drug-likeness (QED) is 0.864. The van der Waals surface area contributed by atoms with E-state index in [-0.39, 0.29) is 0 Å². The fraction of sp³-hybridized carbons (Fsp3) is 0.786. The Balaban J connectivity index is 1.97. The Morgan fingerprint density at radius 1 is 1.42 bits per heavy atom. The van der Waals surface area contributed by atoms with Crippen molar-refractivity contribution in [2.75, 3.05) is 12.3 Å². The molecule has 4 atom stereocenters. The molecule has 0 aliphatic carbocycles. The van der Waals surface area contributed by atoms with Crippen LogP contribution in [0.4, 0.5) is 0 Å². The standard InChI is InChI=1S/C14H24N2S3/c1-5-6-15-9(2)12-7-18-14(16-12)13-8-17-10(3)11(4)19-13/h7,9-11,13,15H,5-6,8H2,1-4H3. The summed E-state index contributed by atoms with van der Waals surface area (Å²) in [7, 11) is 0. The maximum atomic E-state index is 4.87. The lowest BCUT2D eigenvalue weighted by molar-refractivity contribution is 0.560. The van der Waals surface area contributed by atoms with Crippen LogP contribution in [0.5, 0.6) is 0 Å². The van der Waals surface area contributed by atoms with Gasteiger partial charge in [-0.15, -0.1) is 23.1 Å². The van der Waals surface area contributed by atoms with Crippen molar-refractivity contribution in [2.45, 2.75) is 55.9 Å². The zero-order chi connectivity index (χ0) is 13.8. The summed E-state index contributed by atoms with van der Waals surface area (Å²) in [6.07, 6.45) is 1.17. The highest BCUT2D eigenvalue weighted by molar-refractivity contribution is 8.07. The third-order valence-corrected chi connectivity index (χ3v) is 8.03. The van der Waals surface area contributed by atoms with E-state index in [9.17, 15) is 0 Å². The monoisotopic (exact) mass is 316 g/mol. The van der Waals surface area contributed by atoms with Crippen LogP contribution in [0.1, 0.15) is 56.1 Å². The molecule has 2 heterocycles. The molecule has 0 aromatic carbocycles. The highest BCUT2D eigenvalue weighted by Gasteiger charge is 2.28. The van der Waals surface area contributed by atoms with E-state index < -0.39 is 0 Å². The van der Waals surface area contributed by atoms with Crippen LogP contribution in [-0.4, -0.2) is 27.8 Å². The van der Waals surface area contributed by atoms with Crippen molar-refractivity contribution in [1.29, 1.82) is 0 Å². The molecule has 0 radical (unpaired) electrons. The van der Waals surface area contributed by atoms with Crippen molar-refractivity contribution in [2.24, 2.45) is 0 Å². The number of thioether (sulfide) groups is 2. The summed E-state index contributed by atoms with van der Waals surface area (Å²) in [6, 6.07) is 0.377. The van der Waals surface area contributed by atoms with Gasteiger partial charge < -0.3 is 5.32 Å². The van der Waals surface area contributed by atoms with E-state index in [1.807, 2.05) is 11.3 Å². The molecule has 1 N–H and O–H groups in total. The molecule has 19 heavy (non-hydrogen) atoms. The van der Waals surface area contributed by atoms with Crippen molar-refractivity contribution in [1.82, 2.24) is 10.3 Å². The summed E-state index contributed by atoms with van der Waals surface area (Å²) in [5.41, 5.74) is 1.21. The topological polar surface area (TPSA) is 24.9 Å². The van der Waals surface area contributed by atoms with E-state index in [4.69, 9.17) is 4.98 Å². The first-order chi connectivity index (χ1) is 9.11. The zero-order valence-electron chi connectivity index (χ0n) is 12.2. The Morgan fingerprint density at radius 3 is 2.89 bits per heavy atom. The smallest absolute Gasteiger partial charge is 0.107 e. The van der Waals surface area contributed by atoms with Gasteiger partial charge >= 0.3 is 0 Å². The Bertz CT molecular complexity index is 394. The van der Waals surface area contributed by atoms with Gasteiger partial charge in [-0.1, -0.05) is 20.8 Å². The average molecular weight is 317 g/mol. The number of nitrogens with one attached hydrogen (secondary N) is 1. The Morgan fingerprint density at radius 2 is 2.21 bits per heavy atom. The maximum Gasteiger partial charge on any atom is 0.107 e. The van der Waals surface area contributed by atoms with E-state index in [1.165, 1.54) is 22.9 Å². The molecule has 1 aromatic rings. The number of rotatable bonds is 5. The summed E-state index contributed by atoms with van der Waals surface area (Å²) >= 11 is 6.02. The molecule has 4 unspecified atom stereocenters. The van der Waals surface area contributed by atoms with Crippen LogP contribution in [0, 0.1) is 0 Å². The second-order valence-corrected chi connectivity index (χ2v) is 9.04. The molecule has 1 saturated heterocycles. The van der Waals surface area contributed by atoms with Crippen LogP contribution in [0.2, 0.25) is 0 Å². The van der Waals surface area contributed by atoms with Crippen molar-refractivity contribution in [3.8, 4) is 0 Å². The fourth-order valence-corrected chi connectivity index (χ4v) is 6.15. The first kappa shape index (κ1) is 15.7. The largest absolute Gasteiger partial charge is 0.309 e. The van der Waals surface area contributed by atoms with Crippen LogP contribution in [0.3, 0.4) is 0 Å². The van der Waals surface area contributed by atoms with Crippen LogP contribution in [-0.2, 0) is 0 Å². The second-order valence-electron chi connectivity index (χ2n) is 5.15. The van der Waals surface area contributed by atoms with Crippen LogP contribution in [0.15, 0.2) is 5.38 Å². The summed E-state index contributed by atoms with van der Waals surface area (Å²) < 4.78 is 0. The molecule has 0 spiro atoms. The van der Waals surface area contributed by atoms with Crippen molar-refractivity contribution in [3.63, 3.8) is 0 Å². The minimum atomic E-state index is 0.377. The maximum absolute atomic E-state index is 4.87. The molecule has 2 nitrogen and oxygen atoms in total. The van der Waals surface area contributed by atoms with Gasteiger partial charge in [0.05, 0.1) is 10.9 Å². The predicted molar refractivity (Wildman–Crippen MR) is 90.5 cm³/mol. The molecular formula is C14H24N2S3. The summed E-state index contributed by atoms with van der Waals surface area (Å²) in [5.74, 6) is 1.21. The Labute approximate surface area is 129 Å². The van der Waals surface area contributed by atoms with E-state index in [0.717, 1.165) is 17.0 Å². The van der Waals surface area contributed by atoms with Gasteiger partial charge in [0.1, 0.15) is 5.01 Å². The number of aromatic nitrogens is 1. The lowest BCUT2D eigenvalue weighted by Gasteiger charge is -2.30. The number of thiazole rings is 1. The molecule has 0 saturated carbocycles. The van der Waals surface area contributed by atoms with Gasteiger partial charge in [-0.05, 0) is 19.9 Å². The van der Waals surface area contributed by atoms with Gasteiger partial charge in [0, 0.05) is 27.7 Å². The zero-order valence-corrected chi connectivity index (χ0v) is 14.6. The van der Waals surface area contributed by atoms with Crippen LogP contribution in [0.25, 0.3) is 0 Å². The van der Waals surface area contributed by atoms with Gasteiger partial charge in [-0.25, -0.2) is 4.98 Å². The lowest BCUT2D eigenvalue weighted by atomic mass is 10.2. The first-order valence-corrected chi connectivity index (χ1v) is 9.94. The normalized spacial score (nSPS) is 29.4. The van der Waals surface area contributed by atoms with Crippen LogP contribution < -0.4 is 5.32 Å². The highest BCUT2D eigenvalue weighted by Crippen LogP contribution is 2.45. The van der Waals surface area contributed by atoms with E-state index >= 15 is 0 Å². The minimum Gasteiger partial charge on any atom is -0.309 e. The minimum absolute atomic E-state index is 0.377. The Kier molecular flexibility index (Phi) is 6.06. The molecule has 1 aliphatic heterocycles. The Hall–Kier alpha value is 0.290. The molecular weight excluding hydrogens is 292 g/mol. The van der Waals surface area contributed by atoms with Gasteiger partial charge in [-0.2, -0.15) is 11.8 Å². The molecule has 1 fully saturated rings. The van der Waals surface area contributed by atoms with Crippen molar-refractivity contribution >= 4 is 34.9 Å². The van der Waals surface area contributed by atoms with E-state index in [1.54, 1.807) is 0 Å².